The molecule has 0 bridgehead atoms. The number of ether oxygens (including phenoxy) is 1. The molecule has 1 aliphatic carbocycles. The second kappa shape index (κ2) is 7.31. The normalized spacial score (nSPS) is 27.0. The van der Waals surface area contributed by atoms with Crippen LogP contribution in [0, 0.1) is 11.8 Å². The molecule has 2 atom stereocenters. The van der Waals surface area contributed by atoms with Gasteiger partial charge in [0.1, 0.15) is 5.69 Å². The van der Waals surface area contributed by atoms with Crippen LogP contribution in [0.5, 0.6) is 0 Å². The van der Waals surface area contributed by atoms with Gasteiger partial charge in [-0.1, -0.05) is 13.8 Å². The van der Waals surface area contributed by atoms with Gasteiger partial charge in [0.25, 0.3) is 5.91 Å². The first-order valence-electron chi connectivity index (χ1n) is 10.3. The van der Waals surface area contributed by atoms with E-state index in [4.69, 9.17) is 4.74 Å². The molecule has 1 amide bonds. The van der Waals surface area contributed by atoms with E-state index in [-0.39, 0.29) is 5.91 Å². The first-order valence-corrected chi connectivity index (χ1v) is 10.3. The minimum Gasteiger partial charge on any atom is -0.378 e. The molecule has 0 aromatic carbocycles. The van der Waals surface area contributed by atoms with Crippen LogP contribution in [0.15, 0.2) is 6.07 Å². The van der Waals surface area contributed by atoms with Crippen LogP contribution in [-0.2, 0) is 17.7 Å². The summed E-state index contributed by atoms with van der Waals surface area (Å²) in [5, 5.41) is 4.64. The lowest BCUT2D eigenvalue weighted by atomic mass is 10.0. The Labute approximate surface area is 156 Å². The van der Waals surface area contributed by atoms with Gasteiger partial charge in [0, 0.05) is 32.2 Å². The number of rotatable bonds is 5. The van der Waals surface area contributed by atoms with Crippen molar-refractivity contribution in [1.29, 1.82) is 0 Å². The molecule has 2 aliphatic heterocycles. The number of fused-ring (bicyclic) bond motifs is 1. The number of hydrogen-bond acceptors (Lipinski definition) is 4. The van der Waals surface area contributed by atoms with Gasteiger partial charge < -0.3 is 9.64 Å². The molecule has 3 aliphatic rings. The predicted octanol–water partition coefficient (Wildman–Crippen LogP) is 2.04. The maximum atomic E-state index is 13.2. The summed E-state index contributed by atoms with van der Waals surface area (Å²) in [5.41, 5.74) is 1.77. The van der Waals surface area contributed by atoms with Crippen LogP contribution in [0.25, 0.3) is 0 Å². The van der Waals surface area contributed by atoms with E-state index < -0.39 is 0 Å². The number of morpholine rings is 1. The number of nitrogens with zero attached hydrogens (tertiary/aromatic N) is 4. The fraction of sp³-hybridized carbons (Fsp3) is 0.800. The molecule has 0 N–H and O–H groups in total. The SMILES string of the molecule is CCn1nc(CC(C)C)cc1C(=O)N1CCN2[C@@H](COC[C@@H]2C2CC2)C1. The maximum absolute atomic E-state index is 13.2. The Bertz CT molecular complexity index is 652. The molecule has 3 heterocycles. The van der Waals surface area contributed by atoms with Crippen LogP contribution in [-0.4, -0.2) is 70.4 Å². The van der Waals surface area contributed by atoms with Gasteiger partial charge in [-0.15, -0.1) is 0 Å². The van der Waals surface area contributed by atoms with Crippen molar-refractivity contribution in [2.24, 2.45) is 11.8 Å². The summed E-state index contributed by atoms with van der Waals surface area (Å²) >= 11 is 0. The van der Waals surface area contributed by atoms with E-state index in [1.54, 1.807) is 0 Å². The molecule has 144 valence electrons. The van der Waals surface area contributed by atoms with Gasteiger partial charge in [0.2, 0.25) is 0 Å². The zero-order chi connectivity index (χ0) is 18.3. The highest BCUT2D eigenvalue weighted by molar-refractivity contribution is 5.92. The lowest BCUT2D eigenvalue weighted by molar-refractivity contribution is -0.0817. The Hall–Kier alpha value is -1.40. The minimum atomic E-state index is 0.127. The zero-order valence-corrected chi connectivity index (χ0v) is 16.4. The molecule has 0 radical (unpaired) electrons. The number of aryl methyl sites for hydroxylation is 1. The summed E-state index contributed by atoms with van der Waals surface area (Å²) in [6.07, 6.45) is 3.60. The van der Waals surface area contributed by atoms with Crippen molar-refractivity contribution in [3.8, 4) is 0 Å². The fourth-order valence-corrected chi connectivity index (χ4v) is 4.51. The fourth-order valence-electron chi connectivity index (χ4n) is 4.51. The van der Waals surface area contributed by atoms with Gasteiger partial charge >= 0.3 is 0 Å². The van der Waals surface area contributed by atoms with Gasteiger partial charge in [-0.3, -0.25) is 14.4 Å². The molecule has 2 saturated heterocycles. The van der Waals surface area contributed by atoms with Crippen molar-refractivity contribution in [2.45, 2.75) is 58.7 Å². The number of piperazine rings is 1. The summed E-state index contributed by atoms with van der Waals surface area (Å²) < 4.78 is 7.75. The largest absolute Gasteiger partial charge is 0.378 e. The van der Waals surface area contributed by atoms with Crippen molar-refractivity contribution in [3.05, 3.63) is 17.5 Å². The summed E-state index contributed by atoms with van der Waals surface area (Å²) in [5.74, 6) is 1.49. The molecule has 1 saturated carbocycles. The zero-order valence-electron chi connectivity index (χ0n) is 16.4. The van der Waals surface area contributed by atoms with E-state index in [9.17, 15) is 4.79 Å². The third-order valence-corrected chi connectivity index (χ3v) is 5.97. The van der Waals surface area contributed by atoms with E-state index in [1.807, 2.05) is 15.6 Å². The predicted molar refractivity (Wildman–Crippen MR) is 100 cm³/mol. The second-order valence-corrected chi connectivity index (χ2v) is 8.52. The van der Waals surface area contributed by atoms with Gasteiger partial charge in [0.05, 0.1) is 24.9 Å². The Morgan fingerprint density at radius 2 is 2.12 bits per heavy atom. The lowest BCUT2D eigenvalue weighted by Crippen LogP contribution is -2.63. The van der Waals surface area contributed by atoms with E-state index in [0.29, 0.717) is 18.0 Å². The average molecular weight is 361 g/mol. The van der Waals surface area contributed by atoms with Crippen LogP contribution < -0.4 is 0 Å². The summed E-state index contributed by atoms with van der Waals surface area (Å²) in [6, 6.07) is 2.92. The monoisotopic (exact) mass is 360 g/mol. The lowest BCUT2D eigenvalue weighted by Gasteiger charge is -2.48. The molecule has 0 unspecified atom stereocenters. The number of aromatic nitrogens is 2. The number of amides is 1. The molecule has 4 rings (SSSR count). The number of carbonyl (C=O) groups excluding carboxylic acids is 1. The van der Waals surface area contributed by atoms with Crippen molar-refractivity contribution in [1.82, 2.24) is 19.6 Å². The van der Waals surface area contributed by atoms with E-state index in [1.165, 1.54) is 12.8 Å². The first-order chi connectivity index (χ1) is 12.6. The highest BCUT2D eigenvalue weighted by Gasteiger charge is 2.43. The topological polar surface area (TPSA) is 50.6 Å². The Balaban J connectivity index is 1.46. The molecule has 6 heteroatoms. The molecule has 1 aromatic heterocycles. The number of hydrogen-bond donors (Lipinski definition) is 0. The average Bonchev–Trinajstić information content (AvgIpc) is 3.40. The Kier molecular flexibility index (Phi) is 5.06. The van der Waals surface area contributed by atoms with Crippen molar-refractivity contribution >= 4 is 5.91 Å². The van der Waals surface area contributed by atoms with Crippen molar-refractivity contribution in [3.63, 3.8) is 0 Å². The van der Waals surface area contributed by atoms with Gasteiger partial charge in [0.15, 0.2) is 0 Å². The number of carbonyl (C=O) groups is 1. The van der Waals surface area contributed by atoms with Crippen LogP contribution in [0.4, 0.5) is 0 Å². The summed E-state index contributed by atoms with van der Waals surface area (Å²) in [6.45, 7) is 11.3. The Morgan fingerprint density at radius 3 is 2.81 bits per heavy atom. The first kappa shape index (κ1) is 18.0. The van der Waals surface area contributed by atoms with Crippen LogP contribution >= 0.6 is 0 Å². The standard InChI is InChI=1S/C20H32N4O2/c1-4-24-18(10-16(21-24)9-14(2)3)20(25)22-7-8-23-17(11-22)12-26-13-19(23)15-5-6-15/h10,14-15,17,19H,4-9,11-13H2,1-3H3/t17-,19-/m1/s1. The van der Waals surface area contributed by atoms with Crippen LogP contribution in [0.3, 0.4) is 0 Å². The van der Waals surface area contributed by atoms with Crippen LogP contribution in [0.1, 0.15) is 49.8 Å². The molecular weight excluding hydrogens is 328 g/mol. The summed E-state index contributed by atoms with van der Waals surface area (Å²) in [7, 11) is 0. The van der Waals surface area contributed by atoms with Crippen LogP contribution in [0.2, 0.25) is 0 Å². The third-order valence-electron chi connectivity index (χ3n) is 5.97. The van der Waals surface area contributed by atoms with Gasteiger partial charge in [-0.25, -0.2) is 0 Å². The summed E-state index contributed by atoms with van der Waals surface area (Å²) in [4.78, 5) is 17.8. The smallest absolute Gasteiger partial charge is 0.272 e. The highest BCUT2D eigenvalue weighted by atomic mass is 16.5. The molecule has 3 fully saturated rings. The third kappa shape index (κ3) is 3.54. The molecule has 1 aromatic rings. The van der Waals surface area contributed by atoms with E-state index >= 15 is 0 Å². The van der Waals surface area contributed by atoms with E-state index in [2.05, 4.69) is 30.8 Å². The van der Waals surface area contributed by atoms with Crippen molar-refractivity contribution < 1.29 is 9.53 Å². The quantitative estimate of drug-likeness (QED) is 0.806. The second-order valence-electron chi connectivity index (χ2n) is 8.52. The maximum Gasteiger partial charge on any atom is 0.272 e. The molecule has 0 spiro atoms. The van der Waals surface area contributed by atoms with Gasteiger partial charge in [-0.05, 0) is 44.1 Å². The Morgan fingerprint density at radius 1 is 1.31 bits per heavy atom. The molecule has 6 nitrogen and oxygen atoms in total. The van der Waals surface area contributed by atoms with Crippen molar-refractivity contribution in [2.75, 3.05) is 32.8 Å². The van der Waals surface area contributed by atoms with Gasteiger partial charge in [-0.2, -0.15) is 5.10 Å². The minimum absolute atomic E-state index is 0.127. The van der Waals surface area contributed by atoms with E-state index in [0.717, 1.165) is 63.1 Å². The highest BCUT2D eigenvalue weighted by Crippen LogP contribution is 2.38. The molecular formula is C20H32N4O2. The molecule has 26 heavy (non-hydrogen) atoms.